The van der Waals surface area contributed by atoms with Gasteiger partial charge in [0, 0.05) is 25.9 Å². The van der Waals surface area contributed by atoms with Gasteiger partial charge in [-0.1, -0.05) is 23.7 Å². The number of nitrogens with two attached hydrogens (primary N) is 1. The Hall–Kier alpha value is -0.970. The van der Waals surface area contributed by atoms with E-state index in [0.29, 0.717) is 23.9 Å². The minimum atomic E-state index is -0.430. The van der Waals surface area contributed by atoms with Gasteiger partial charge in [-0.2, -0.15) is 0 Å². The van der Waals surface area contributed by atoms with E-state index in [1.165, 1.54) is 0 Å². The number of carbonyl (C=O) groups excluding carboxylic acids is 1. The maximum absolute atomic E-state index is 11.8. The largest absolute Gasteiger partial charge is 0.489 e. The third-order valence-electron chi connectivity index (χ3n) is 3.27. The summed E-state index contributed by atoms with van der Waals surface area (Å²) < 4.78 is 5.87. The Morgan fingerprint density at radius 2 is 2.00 bits per heavy atom. The lowest BCUT2D eigenvalue weighted by Crippen LogP contribution is -2.47. The van der Waals surface area contributed by atoms with Crippen LogP contribution in [0.2, 0.25) is 5.02 Å². The molecule has 0 radical (unpaired) electrons. The molecule has 1 amide bonds. The molecule has 0 aliphatic carbocycles. The third kappa shape index (κ3) is 4.27. The number of likely N-dealkylation sites (tertiary alicyclic amines) is 1. The number of hydrogen-bond acceptors (Lipinski definition) is 3. The molecule has 1 aliphatic rings. The van der Waals surface area contributed by atoms with Crippen molar-refractivity contribution in [2.45, 2.75) is 31.9 Å². The molecule has 1 heterocycles. The molecule has 1 saturated heterocycles. The third-order valence-corrected chi connectivity index (χ3v) is 3.59. The smallest absolute Gasteiger partial charge is 0.239 e. The fraction of sp³-hybridized carbons (Fsp3) is 0.500. The zero-order chi connectivity index (χ0) is 13.8. The SMILES string of the molecule is C[C@@H](N)C(=O)N1CCC(Oc2ccccc2Cl)CC1.Cl. The molecular weight excluding hydrogens is 299 g/mol. The first-order valence-electron chi connectivity index (χ1n) is 6.53. The van der Waals surface area contributed by atoms with E-state index in [2.05, 4.69) is 0 Å². The molecule has 112 valence electrons. The number of amides is 1. The van der Waals surface area contributed by atoms with Crippen LogP contribution in [-0.2, 0) is 4.79 Å². The summed E-state index contributed by atoms with van der Waals surface area (Å²) >= 11 is 6.06. The summed E-state index contributed by atoms with van der Waals surface area (Å²) in [5, 5.41) is 0.622. The van der Waals surface area contributed by atoms with E-state index in [1.807, 2.05) is 24.3 Å². The Labute approximate surface area is 130 Å². The van der Waals surface area contributed by atoms with Crippen molar-refractivity contribution in [1.29, 1.82) is 0 Å². The van der Waals surface area contributed by atoms with E-state index < -0.39 is 6.04 Å². The minimum Gasteiger partial charge on any atom is -0.489 e. The number of piperidine rings is 1. The van der Waals surface area contributed by atoms with E-state index >= 15 is 0 Å². The molecule has 2 N–H and O–H groups in total. The molecule has 1 aliphatic heterocycles. The van der Waals surface area contributed by atoms with Gasteiger partial charge in [0.25, 0.3) is 0 Å². The first kappa shape index (κ1) is 17.1. The van der Waals surface area contributed by atoms with E-state index in [4.69, 9.17) is 22.1 Å². The van der Waals surface area contributed by atoms with Crippen LogP contribution in [0.15, 0.2) is 24.3 Å². The summed E-state index contributed by atoms with van der Waals surface area (Å²) in [6.45, 7) is 3.10. The van der Waals surface area contributed by atoms with Crippen LogP contribution >= 0.6 is 24.0 Å². The second-order valence-corrected chi connectivity index (χ2v) is 5.27. The summed E-state index contributed by atoms with van der Waals surface area (Å²) in [6, 6.07) is 7.02. The summed E-state index contributed by atoms with van der Waals surface area (Å²) in [4.78, 5) is 13.6. The van der Waals surface area contributed by atoms with Gasteiger partial charge >= 0.3 is 0 Å². The maximum atomic E-state index is 11.8. The predicted octanol–water partition coefficient (Wildman–Crippen LogP) is 2.48. The van der Waals surface area contributed by atoms with E-state index in [9.17, 15) is 4.79 Å². The van der Waals surface area contributed by atoms with Crippen molar-refractivity contribution in [3.63, 3.8) is 0 Å². The van der Waals surface area contributed by atoms with Gasteiger partial charge in [0.2, 0.25) is 5.91 Å². The summed E-state index contributed by atoms with van der Waals surface area (Å²) in [6.07, 6.45) is 1.73. The van der Waals surface area contributed by atoms with Crippen LogP contribution in [0.5, 0.6) is 5.75 Å². The van der Waals surface area contributed by atoms with E-state index in [0.717, 1.165) is 12.8 Å². The van der Waals surface area contributed by atoms with Crippen molar-refractivity contribution in [1.82, 2.24) is 4.90 Å². The van der Waals surface area contributed by atoms with Gasteiger partial charge in [-0.15, -0.1) is 12.4 Å². The van der Waals surface area contributed by atoms with Gasteiger partial charge in [0.15, 0.2) is 0 Å². The van der Waals surface area contributed by atoms with Crippen LogP contribution < -0.4 is 10.5 Å². The Kier molecular flexibility index (Phi) is 6.59. The highest BCUT2D eigenvalue weighted by Crippen LogP contribution is 2.26. The number of carbonyl (C=O) groups is 1. The molecule has 0 saturated carbocycles. The fourth-order valence-corrected chi connectivity index (χ4v) is 2.38. The van der Waals surface area contributed by atoms with Gasteiger partial charge in [-0.05, 0) is 19.1 Å². The minimum absolute atomic E-state index is 0. The molecule has 1 aromatic carbocycles. The molecule has 1 aromatic rings. The number of halogens is 2. The average molecular weight is 319 g/mol. The van der Waals surface area contributed by atoms with Crippen molar-refractivity contribution in [2.24, 2.45) is 5.73 Å². The van der Waals surface area contributed by atoms with Gasteiger partial charge in [0.1, 0.15) is 11.9 Å². The number of nitrogens with zero attached hydrogens (tertiary/aromatic N) is 1. The normalized spacial score (nSPS) is 17.2. The standard InChI is InChI=1S/C14H19ClN2O2.ClH/c1-10(16)14(18)17-8-6-11(7-9-17)19-13-5-3-2-4-12(13)15;/h2-5,10-11H,6-9,16H2,1H3;1H/t10-;/m1./s1. The zero-order valence-electron chi connectivity index (χ0n) is 11.4. The summed E-state index contributed by atoms with van der Waals surface area (Å²) in [5.74, 6) is 0.720. The number of hydrogen-bond donors (Lipinski definition) is 1. The Bertz CT molecular complexity index is 447. The van der Waals surface area contributed by atoms with Crippen molar-refractivity contribution < 1.29 is 9.53 Å². The maximum Gasteiger partial charge on any atom is 0.239 e. The van der Waals surface area contributed by atoms with Gasteiger partial charge in [-0.3, -0.25) is 4.79 Å². The summed E-state index contributed by atoms with van der Waals surface area (Å²) in [5.41, 5.74) is 5.60. The number of ether oxygens (including phenoxy) is 1. The number of para-hydroxylation sites is 1. The van der Waals surface area contributed by atoms with Crippen molar-refractivity contribution in [2.75, 3.05) is 13.1 Å². The Morgan fingerprint density at radius 1 is 1.40 bits per heavy atom. The molecule has 4 nitrogen and oxygen atoms in total. The molecule has 0 spiro atoms. The second-order valence-electron chi connectivity index (χ2n) is 4.86. The Morgan fingerprint density at radius 3 is 2.55 bits per heavy atom. The quantitative estimate of drug-likeness (QED) is 0.931. The molecule has 0 bridgehead atoms. The number of benzene rings is 1. The Balaban J connectivity index is 0.00000200. The van der Waals surface area contributed by atoms with Crippen LogP contribution in [0.1, 0.15) is 19.8 Å². The van der Waals surface area contributed by atoms with Crippen LogP contribution in [0.4, 0.5) is 0 Å². The molecule has 1 atom stereocenters. The monoisotopic (exact) mass is 318 g/mol. The topological polar surface area (TPSA) is 55.6 Å². The second kappa shape index (κ2) is 7.72. The lowest BCUT2D eigenvalue weighted by molar-refractivity contribution is -0.133. The van der Waals surface area contributed by atoms with Crippen molar-refractivity contribution in [3.05, 3.63) is 29.3 Å². The number of rotatable bonds is 3. The lowest BCUT2D eigenvalue weighted by atomic mass is 10.1. The van der Waals surface area contributed by atoms with Gasteiger partial charge < -0.3 is 15.4 Å². The van der Waals surface area contributed by atoms with Crippen LogP contribution in [0.3, 0.4) is 0 Å². The highest BCUT2D eigenvalue weighted by molar-refractivity contribution is 6.32. The van der Waals surface area contributed by atoms with Crippen LogP contribution in [-0.4, -0.2) is 36.0 Å². The summed E-state index contributed by atoms with van der Waals surface area (Å²) in [7, 11) is 0. The molecule has 2 rings (SSSR count). The molecular formula is C14H20Cl2N2O2. The first-order chi connectivity index (χ1) is 9.08. The van der Waals surface area contributed by atoms with Crippen LogP contribution in [0.25, 0.3) is 0 Å². The first-order valence-corrected chi connectivity index (χ1v) is 6.91. The van der Waals surface area contributed by atoms with Crippen LogP contribution in [0, 0.1) is 0 Å². The van der Waals surface area contributed by atoms with Crippen molar-refractivity contribution >= 4 is 29.9 Å². The molecule has 20 heavy (non-hydrogen) atoms. The molecule has 0 aromatic heterocycles. The zero-order valence-corrected chi connectivity index (χ0v) is 13.0. The highest BCUT2D eigenvalue weighted by atomic mass is 35.5. The highest BCUT2D eigenvalue weighted by Gasteiger charge is 2.25. The predicted molar refractivity (Wildman–Crippen MR) is 82.6 cm³/mol. The fourth-order valence-electron chi connectivity index (χ4n) is 2.20. The van der Waals surface area contributed by atoms with Gasteiger partial charge in [-0.25, -0.2) is 0 Å². The average Bonchev–Trinajstić information content (AvgIpc) is 2.41. The van der Waals surface area contributed by atoms with Crippen molar-refractivity contribution in [3.8, 4) is 5.75 Å². The molecule has 6 heteroatoms. The molecule has 1 fully saturated rings. The molecule has 0 unspecified atom stereocenters. The van der Waals surface area contributed by atoms with E-state index in [1.54, 1.807) is 11.8 Å². The van der Waals surface area contributed by atoms with E-state index in [-0.39, 0.29) is 24.4 Å². The lowest BCUT2D eigenvalue weighted by Gasteiger charge is -2.33. The van der Waals surface area contributed by atoms with Gasteiger partial charge in [0.05, 0.1) is 11.1 Å².